The molecule has 0 aromatic heterocycles. The molecule has 0 bridgehead atoms. The monoisotopic (exact) mass is 268 g/mol. The number of hydrogen-bond donors (Lipinski definition) is 1. The molecule has 1 aromatic carbocycles. The molecule has 0 saturated heterocycles. The van der Waals surface area contributed by atoms with Crippen LogP contribution >= 0.6 is 11.6 Å². The van der Waals surface area contributed by atoms with Crippen molar-refractivity contribution in [1.82, 2.24) is 4.90 Å². The van der Waals surface area contributed by atoms with Crippen LogP contribution in [0.5, 0.6) is 0 Å². The first-order valence-electron chi connectivity index (χ1n) is 6.87. The van der Waals surface area contributed by atoms with Crippen molar-refractivity contribution in [2.45, 2.75) is 40.2 Å². The summed E-state index contributed by atoms with van der Waals surface area (Å²) in [5, 5.41) is 0.776. The van der Waals surface area contributed by atoms with Crippen LogP contribution in [-0.2, 0) is 6.54 Å². The van der Waals surface area contributed by atoms with E-state index < -0.39 is 0 Å². The topological polar surface area (TPSA) is 29.3 Å². The molecule has 2 N–H and O–H groups in total. The van der Waals surface area contributed by atoms with Crippen molar-refractivity contribution in [1.29, 1.82) is 0 Å². The third kappa shape index (κ3) is 4.18. The molecule has 0 aliphatic heterocycles. The van der Waals surface area contributed by atoms with E-state index >= 15 is 0 Å². The third-order valence-corrected chi connectivity index (χ3v) is 4.01. The number of nitrogens with two attached hydrogens (primary N) is 1. The van der Waals surface area contributed by atoms with Gasteiger partial charge in [0, 0.05) is 29.4 Å². The summed E-state index contributed by atoms with van der Waals surface area (Å²) in [5.74, 6) is 0.758. The summed E-state index contributed by atoms with van der Waals surface area (Å²) in [6.45, 7) is 9.70. The molecule has 3 heteroatoms. The molecule has 0 saturated carbocycles. The Labute approximate surface area is 116 Å². The van der Waals surface area contributed by atoms with E-state index in [0.29, 0.717) is 0 Å². The fraction of sp³-hybridized carbons (Fsp3) is 0.600. The molecule has 0 heterocycles. The van der Waals surface area contributed by atoms with Crippen LogP contribution in [0.15, 0.2) is 18.2 Å². The van der Waals surface area contributed by atoms with Gasteiger partial charge in [0.25, 0.3) is 0 Å². The molecule has 0 fully saturated rings. The Morgan fingerprint density at radius 2 is 1.89 bits per heavy atom. The van der Waals surface area contributed by atoms with Crippen molar-refractivity contribution in [2.75, 3.05) is 18.8 Å². The second-order valence-electron chi connectivity index (χ2n) is 4.82. The van der Waals surface area contributed by atoms with Gasteiger partial charge >= 0.3 is 0 Å². The van der Waals surface area contributed by atoms with Gasteiger partial charge in [-0.2, -0.15) is 0 Å². The van der Waals surface area contributed by atoms with Gasteiger partial charge in [0.2, 0.25) is 0 Å². The molecular formula is C15H25ClN2. The molecule has 102 valence electrons. The Bertz CT molecular complexity index is 341. The molecule has 0 radical (unpaired) electrons. The summed E-state index contributed by atoms with van der Waals surface area (Å²) in [4.78, 5) is 2.43. The zero-order valence-corrected chi connectivity index (χ0v) is 12.5. The minimum atomic E-state index is 0.758. The summed E-state index contributed by atoms with van der Waals surface area (Å²) in [6, 6.07) is 5.74. The van der Waals surface area contributed by atoms with Crippen LogP contribution in [0, 0.1) is 5.92 Å². The molecule has 0 unspecified atom stereocenters. The predicted molar refractivity (Wildman–Crippen MR) is 80.9 cm³/mol. The van der Waals surface area contributed by atoms with E-state index in [2.05, 4.69) is 25.7 Å². The highest BCUT2D eigenvalue weighted by molar-refractivity contribution is 6.31. The Kier molecular flexibility index (Phi) is 6.51. The standard InChI is InChI=1S/C15H25ClN2/c1-4-12(5-2)10-18(6-3)11-13-14(16)8-7-9-15(13)17/h7-9,12H,4-6,10-11,17H2,1-3H3. The smallest absolute Gasteiger partial charge is 0.0471 e. The van der Waals surface area contributed by atoms with Crippen LogP contribution in [0.25, 0.3) is 0 Å². The highest BCUT2D eigenvalue weighted by atomic mass is 35.5. The van der Waals surface area contributed by atoms with Gasteiger partial charge in [0.15, 0.2) is 0 Å². The maximum absolute atomic E-state index is 6.23. The van der Waals surface area contributed by atoms with Gasteiger partial charge in [-0.3, -0.25) is 4.90 Å². The lowest BCUT2D eigenvalue weighted by Crippen LogP contribution is -2.29. The van der Waals surface area contributed by atoms with Gasteiger partial charge in [-0.15, -0.1) is 0 Å². The highest BCUT2D eigenvalue weighted by Crippen LogP contribution is 2.24. The SMILES string of the molecule is CCC(CC)CN(CC)Cc1c(N)cccc1Cl. The van der Waals surface area contributed by atoms with Crippen molar-refractivity contribution < 1.29 is 0 Å². The number of nitrogens with zero attached hydrogens (tertiary/aromatic N) is 1. The average Bonchev–Trinajstić information content (AvgIpc) is 2.38. The summed E-state index contributed by atoms with van der Waals surface area (Å²) in [6.07, 6.45) is 2.45. The number of anilines is 1. The zero-order valence-electron chi connectivity index (χ0n) is 11.7. The molecule has 18 heavy (non-hydrogen) atoms. The first kappa shape index (κ1) is 15.3. The maximum Gasteiger partial charge on any atom is 0.0471 e. The normalized spacial score (nSPS) is 11.4. The van der Waals surface area contributed by atoms with Crippen LogP contribution in [-0.4, -0.2) is 18.0 Å². The largest absolute Gasteiger partial charge is 0.398 e. The molecule has 2 nitrogen and oxygen atoms in total. The van der Waals surface area contributed by atoms with Crippen LogP contribution in [0.4, 0.5) is 5.69 Å². The summed E-state index contributed by atoms with van der Waals surface area (Å²) in [7, 11) is 0. The Morgan fingerprint density at radius 1 is 1.22 bits per heavy atom. The van der Waals surface area contributed by atoms with E-state index in [4.69, 9.17) is 17.3 Å². The minimum absolute atomic E-state index is 0.758. The first-order valence-corrected chi connectivity index (χ1v) is 7.25. The average molecular weight is 269 g/mol. The van der Waals surface area contributed by atoms with Gasteiger partial charge in [-0.25, -0.2) is 0 Å². The van der Waals surface area contributed by atoms with E-state index in [0.717, 1.165) is 41.8 Å². The summed E-state index contributed by atoms with van der Waals surface area (Å²) in [5.41, 5.74) is 7.87. The number of hydrogen-bond acceptors (Lipinski definition) is 2. The van der Waals surface area contributed by atoms with Crippen molar-refractivity contribution in [2.24, 2.45) is 5.92 Å². The lowest BCUT2D eigenvalue weighted by Gasteiger charge is -2.26. The number of nitrogen functional groups attached to an aromatic ring is 1. The molecule has 1 aromatic rings. The van der Waals surface area contributed by atoms with Crippen molar-refractivity contribution in [3.63, 3.8) is 0 Å². The van der Waals surface area contributed by atoms with Crippen molar-refractivity contribution in [3.05, 3.63) is 28.8 Å². The van der Waals surface area contributed by atoms with Gasteiger partial charge in [0.05, 0.1) is 0 Å². The maximum atomic E-state index is 6.23. The van der Waals surface area contributed by atoms with Gasteiger partial charge in [0.1, 0.15) is 0 Å². The van der Waals surface area contributed by atoms with E-state index in [1.54, 1.807) is 0 Å². The van der Waals surface area contributed by atoms with Crippen molar-refractivity contribution in [3.8, 4) is 0 Å². The second kappa shape index (κ2) is 7.65. The van der Waals surface area contributed by atoms with Gasteiger partial charge in [-0.1, -0.05) is 51.3 Å². The van der Waals surface area contributed by atoms with E-state index in [9.17, 15) is 0 Å². The van der Waals surface area contributed by atoms with Crippen LogP contribution in [0.1, 0.15) is 39.2 Å². The molecule has 0 aliphatic carbocycles. The zero-order chi connectivity index (χ0) is 13.5. The van der Waals surface area contributed by atoms with Crippen molar-refractivity contribution >= 4 is 17.3 Å². The second-order valence-corrected chi connectivity index (χ2v) is 5.23. The van der Waals surface area contributed by atoms with Crippen LogP contribution in [0.3, 0.4) is 0 Å². The van der Waals surface area contributed by atoms with E-state index in [-0.39, 0.29) is 0 Å². The first-order chi connectivity index (χ1) is 8.62. The minimum Gasteiger partial charge on any atom is -0.398 e. The lowest BCUT2D eigenvalue weighted by molar-refractivity contribution is 0.226. The van der Waals surface area contributed by atoms with Crippen LogP contribution < -0.4 is 5.73 Å². The summed E-state index contributed by atoms with van der Waals surface area (Å²) >= 11 is 6.23. The third-order valence-electron chi connectivity index (χ3n) is 3.66. The molecule has 0 aliphatic rings. The Hall–Kier alpha value is -0.730. The van der Waals surface area contributed by atoms with Gasteiger partial charge < -0.3 is 5.73 Å². The molecule has 0 amide bonds. The summed E-state index contributed by atoms with van der Waals surface area (Å²) < 4.78 is 0. The molecule has 0 atom stereocenters. The quantitative estimate of drug-likeness (QED) is 0.752. The number of rotatable bonds is 7. The highest BCUT2D eigenvalue weighted by Gasteiger charge is 2.13. The molecule has 0 spiro atoms. The number of halogens is 1. The Balaban J connectivity index is 2.73. The molecular weight excluding hydrogens is 244 g/mol. The fourth-order valence-electron chi connectivity index (χ4n) is 2.18. The number of benzene rings is 1. The van der Waals surface area contributed by atoms with Crippen LogP contribution in [0.2, 0.25) is 5.02 Å². The predicted octanol–water partition coefficient (Wildman–Crippen LogP) is 4.18. The van der Waals surface area contributed by atoms with E-state index in [1.165, 1.54) is 12.8 Å². The van der Waals surface area contributed by atoms with E-state index in [1.807, 2.05) is 18.2 Å². The lowest BCUT2D eigenvalue weighted by atomic mass is 10.0. The molecule has 1 rings (SSSR count). The fourth-order valence-corrected chi connectivity index (χ4v) is 2.42. The Morgan fingerprint density at radius 3 is 2.39 bits per heavy atom. The van der Waals surface area contributed by atoms with Gasteiger partial charge in [-0.05, 0) is 24.6 Å².